The molecule has 0 bridgehead atoms. The Kier molecular flexibility index (Phi) is 9.37. The average Bonchev–Trinajstić information content (AvgIpc) is 2.81. The lowest BCUT2D eigenvalue weighted by Gasteiger charge is -2.11. The Balaban J connectivity index is 2.24. The number of oxime groups is 2. The van der Waals surface area contributed by atoms with Crippen LogP contribution < -0.4 is 0 Å². The van der Waals surface area contributed by atoms with Crippen LogP contribution in [0, 0.1) is 12.3 Å². The summed E-state index contributed by atoms with van der Waals surface area (Å²) in [6, 6.07) is 16.7. The van der Waals surface area contributed by atoms with Gasteiger partial charge >= 0.3 is 5.97 Å². The van der Waals surface area contributed by atoms with Crippen LogP contribution >= 0.6 is 0 Å². The van der Waals surface area contributed by atoms with Gasteiger partial charge in [-0.05, 0) is 12.5 Å². The van der Waals surface area contributed by atoms with E-state index in [2.05, 4.69) is 16.2 Å². The Morgan fingerprint density at radius 2 is 1.74 bits per heavy atom. The maximum atomic E-state index is 12.1. The summed E-state index contributed by atoms with van der Waals surface area (Å²) in [6.45, 7) is 1.90. The van der Waals surface area contributed by atoms with Gasteiger partial charge in [-0.15, -0.1) is 6.42 Å². The van der Waals surface area contributed by atoms with Crippen LogP contribution in [0.5, 0.6) is 0 Å². The summed E-state index contributed by atoms with van der Waals surface area (Å²) in [4.78, 5) is 22.8. The standard InChI is InChI=1S/C24H24N2O5/c1-5-15-30-26-23(19-11-7-6-8-12-19)18(2)25-31-16-20-13-9-10-14-21(20)22(17-28-3)24(27)29-4/h1,6-14,17H,15-16H2,2-4H3/b22-17?,25-18+,26-23-. The van der Waals surface area contributed by atoms with E-state index >= 15 is 0 Å². The molecule has 0 aliphatic carbocycles. The first kappa shape index (κ1) is 23.2. The molecule has 7 nitrogen and oxygen atoms in total. The highest BCUT2D eigenvalue weighted by Crippen LogP contribution is 2.21. The molecule has 0 saturated carbocycles. The molecule has 0 fully saturated rings. The van der Waals surface area contributed by atoms with E-state index in [0.29, 0.717) is 17.0 Å². The Hall–Kier alpha value is -4.05. The van der Waals surface area contributed by atoms with Crippen LogP contribution in [0.15, 0.2) is 71.2 Å². The summed E-state index contributed by atoms with van der Waals surface area (Å²) in [6.07, 6.45) is 6.56. The van der Waals surface area contributed by atoms with Crippen molar-refractivity contribution in [1.29, 1.82) is 0 Å². The molecule has 0 saturated heterocycles. The van der Waals surface area contributed by atoms with Crippen molar-refractivity contribution in [2.75, 3.05) is 20.8 Å². The van der Waals surface area contributed by atoms with E-state index in [1.165, 1.54) is 20.5 Å². The molecule has 0 aliphatic rings. The minimum Gasteiger partial charge on any atom is -0.503 e. The lowest BCUT2D eigenvalue weighted by Crippen LogP contribution is -2.14. The molecule has 0 N–H and O–H groups in total. The fraction of sp³-hybridized carbons (Fsp3) is 0.208. The van der Waals surface area contributed by atoms with Crippen LogP contribution in [0.1, 0.15) is 23.6 Å². The van der Waals surface area contributed by atoms with E-state index in [1.54, 1.807) is 13.0 Å². The van der Waals surface area contributed by atoms with Crippen molar-refractivity contribution in [1.82, 2.24) is 0 Å². The SMILES string of the molecule is C#CCO/N=C(/C(C)=N/OCc1ccccc1C(=COC)C(=O)OC)c1ccccc1. The highest BCUT2D eigenvalue weighted by molar-refractivity contribution is 6.47. The number of ether oxygens (including phenoxy) is 2. The number of terminal acetylenes is 1. The number of methoxy groups -OCH3 is 2. The van der Waals surface area contributed by atoms with Crippen molar-refractivity contribution in [3.8, 4) is 12.3 Å². The quantitative estimate of drug-likeness (QED) is 0.111. The third-order valence-electron chi connectivity index (χ3n) is 4.06. The lowest BCUT2D eigenvalue weighted by molar-refractivity contribution is -0.133. The third kappa shape index (κ3) is 6.75. The lowest BCUT2D eigenvalue weighted by atomic mass is 10.0. The number of carbonyl (C=O) groups is 1. The Labute approximate surface area is 181 Å². The summed E-state index contributed by atoms with van der Waals surface area (Å²) in [5, 5.41) is 8.26. The molecule has 0 radical (unpaired) electrons. The van der Waals surface area contributed by atoms with Crippen molar-refractivity contribution < 1.29 is 23.9 Å². The second-order valence-electron chi connectivity index (χ2n) is 6.15. The number of hydrogen-bond donors (Lipinski definition) is 0. The van der Waals surface area contributed by atoms with Crippen molar-refractivity contribution >= 4 is 23.0 Å². The van der Waals surface area contributed by atoms with Gasteiger partial charge in [0.15, 0.2) is 6.61 Å². The second kappa shape index (κ2) is 12.5. The molecule has 0 aliphatic heterocycles. The van der Waals surface area contributed by atoms with Gasteiger partial charge in [-0.2, -0.15) is 0 Å². The second-order valence-corrected chi connectivity index (χ2v) is 6.15. The topological polar surface area (TPSA) is 78.7 Å². The van der Waals surface area contributed by atoms with Crippen molar-refractivity contribution in [2.24, 2.45) is 10.3 Å². The zero-order valence-electron chi connectivity index (χ0n) is 17.7. The van der Waals surface area contributed by atoms with E-state index < -0.39 is 5.97 Å². The first-order valence-electron chi connectivity index (χ1n) is 9.37. The van der Waals surface area contributed by atoms with Crippen LogP contribution in [0.4, 0.5) is 0 Å². The Morgan fingerprint density at radius 3 is 2.42 bits per heavy atom. The van der Waals surface area contributed by atoms with Crippen LogP contribution in [-0.4, -0.2) is 38.2 Å². The first-order valence-corrected chi connectivity index (χ1v) is 9.37. The minimum atomic E-state index is -0.516. The Bertz CT molecular complexity index is 1000. The predicted octanol–water partition coefficient (Wildman–Crippen LogP) is 3.79. The van der Waals surface area contributed by atoms with E-state index in [0.717, 1.165) is 11.1 Å². The molecule has 0 spiro atoms. The molecule has 0 atom stereocenters. The summed E-state index contributed by atoms with van der Waals surface area (Å²) in [5.41, 5.74) is 3.44. The van der Waals surface area contributed by atoms with E-state index in [9.17, 15) is 4.79 Å². The Morgan fingerprint density at radius 1 is 1.03 bits per heavy atom. The van der Waals surface area contributed by atoms with Crippen molar-refractivity contribution in [2.45, 2.75) is 13.5 Å². The molecule has 2 aromatic carbocycles. The van der Waals surface area contributed by atoms with Gasteiger partial charge in [-0.3, -0.25) is 0 Å². The fourth-order valence-electron chi connectivity index (χ4n) is 2.66. The summed E-state index contributed by atoms with van der Waals surface area (Å²) >= 11 is 0. The normalized spacial score (nSPS) is 12.0. The monoisotopic (exact) mass is 420 g/mol. The number of benzene rings is 2. The van der Waals surface area contributed by atoms with Gasteiger partial charge in [0.1, 0.15) is 23.6 Å². The fourth-order valence-corrected chi connectivity index (χ4v) is 2.66. The zero-order chi connectivity index (χ0) is 22.5. The maximum absolute atomic E-state index is 12.1. The molecule has 0 heterocycles. The van der Waals surface area contributed by atoms with Crippen LogP contribution in [0.3, 0.4) is 0 Å². The molecule has 7 heteroatoms. The van der Waals surface area contributed by atoms with Gasteiger partial charge in [-0.1, -0.05) is 70.8 Å². The molecule has 2 rings (SSSR count). The highest BCUT2D eigenvalue weighted by Gasteiger charge is 2.17. The summed E-state index contributed by atoms with van der Waals surface area (Å²) in [5.74, 6) is 1.85. The van der Waals surface area contributed by atoms with E-state index in [1.807, 2.05) is 48.5 Å². The van der Waals surface area contributed by atoms with E-state index in [4.69, 9.17) is 25.6 Å². The van der Waals surface area contributed by atoms with Gasteiger partial charge in [0, 0.05) is 11.1 Å². The number of esters is 1. The third-order valence-corrected chi connectivity index (χ3v) is 4.06. The average molecular weight is 420 g/mol. The number of hydrogen-bond acceptors (Lipinski definition) is 7. The van der Waals surface area contributed by atoms with Crippen LogP contribution in [0.2, 0.25) is 0 Å². The van der Waals surface area contributed by atoms with Crippen molar-refractivity contribution in [3.63, 3.8) is 0 Å². The first-order chi connectivity index (χ1) is 15.1. The number of nitrogens with zero attached hydrogens (tertiary/aromatic N) is 2. The maximum Gasteiger partial charge on any atom is 0.341 e. The molecule has 0 aromatic heterocycles. The number of carbonyl (C=O) groups excluding carboxylic acids is 1. The van der Waals surface area contributed by atoms with Gasteiger partial charge in [-0.25, -0.2) is 4.79 Å². The van der Waals surface area contributed by atoms with Gasteiger partial charge < -0.3 is 19.1 Å². The molecule has 2 aromatic rings. The molecule has 160 valence electrons. The minimum absolute atomic E-state index is 0.0417. The molecular weight excluding hydrogens is 396 g/mol. The van der Waals surface area contributed by atoms with Gasteiger partial charge in [0.2, 0.25) is 0 Å². The molecule has 31 heavy (non-hydrogen) atoms. The molecule has 0 unspecified atom stereocenters. The largest absolute Gasteiger partial charge is 0.503 e. The van der Waals surface area contributed by atoms with Crippen LogP contribution in [0.25, 0.3) is 5.57 Å². The summed E-state index contributed by atoms with van der Waals surface area (Å²) < 4.78 is 9.88. The van der Waals surface area contributed by atoms with Crippen LogP contribution in [-0.2, 0) is 30.6 Å². The van der Waals surface area contributed by atoms with Crippen molar-refractivity contribution in [3.05, 3.63) is 77.5 Å². The smallest absolute Gasteiger partial charge is 0.341 e. The molecular formula is C24H24N2O5. The van der Waals surface area contributed by atoms with E-state index in [-0.39, 0.29) is 18.8 Å². The number of rotatable bonds is 10. The highest BCUT2D eigenvalue weighted by atomic mass is 16.6. The summed E-state index contributed by atoms with van der Waals surface area (Å²) in [7, 11) is 2.77. The predicted molar refractivity (Wildman–Crippen MR) is 119 cm³/mol. The van der Waals surface area contributed by atoms with Gasteiger partial charge in [0.25, 0.3) is 0 Å². The molecule has 0 amide bonds. The van der Waals surface area contributed by atoms with Gasteiger partial charge in [0.05, 0.1) is 20.5 Å². The zero-order valence-corrected chi connectivity index (χ0v) is 17.7.